The predicted octanol–water partition coefficient (Wildman–Crippen LogP) is 5.95. The molecule has 1 heteroatoms. The maximum absolute atomic E-state index is 4.13. The number of allylic oxidation sites excluding steroid dienone is 4. The van der Waals surface area contributed by atoms with Gasteiger partial charge in [-0.25, -0.2) is 0 Å². The number of benzene rings is 2. The summed E-state index contributed by atoms with van der Waals surface area (Å²) in [6.45, 7) is 8.18. The minimum absolute atomic E-state index is 0.994. The van der Waals surface area contributed by atoms with E-state index in [0.717, 1.165) is 17.1 Å². The van der Waals surface area contributed by atoms with E-state index in [0.29, 0.717) is 0 Å². The standard InChI is InChI=1S/C20H21N/c1-4-5-7-12-18-13-10-11-16-20(18)21(17(2)3)19-14-8-6-9-15-19/h4-16H,2H2,1,3H3/b5-4-,12-7+. The summed E-state index contributed by atoms with van der Waals surface area (Å²) in [4.78, 5) is 2.18. The Morgan fingerprint density at radius 1 is 0.952 bits per heavy atom. The Hall–Kier alpha value is -2.54. The Balaban J connectivity index is 2.49. The van der Waals surface area contributed by atoms with Crippen LogP contribution < -0.4 is 4.90 Å². The number of rotatable bonds is 5. The van der Waals surface area contributed by atoms with Crippen molar-refractivity contribution in [2.45, 2.75) is 13.8 Å². The number of hydrogen-bond acceptors (Lipinski definition) is 1. The van der Waals surface area contributed by atoms with E-state index in [2.05, 4.69) is 60.0 Å². The van der Waals surface area contributed by atoms with Crippen LogP contribution in [0.1, 0.15) is 19.4 Å². The van der Waals surface area contributed by atoms with Gasteiger partial charge in [-0.1, -0.05) is 67.3 Å². The van der Waals surface area contributed by atoms with Crippen LogP contribution in [0.25, 0.3) is 6.08 Å². The van der Waals surface area contributed by atoms with Crippen LogP contribution in [0.15, 0.2) is 85.1 Å². The van der Waals surface area contributed by atoms with Crippen LogP contribution in [0.4, 0.5) is 11.4 Å². The summed E-state index contributed by atoms with van der Waals surface area (Å²) in [5, 5.41) is 0. The Labute approximate surface area is 127 Å². The Kier molecular flexibility index (Phi) is 5.16. The Bertz CT molecular complexity index is 651. The molecule has 0 amide bonds. The summed E-state index contributed by atoms with van der Waals surface area (Å²) in [5.74, 6) is 0. The number of nitrogens with zero attached hydrogens (tertiary/aromatic N) is 1. The van der Waals surface area contributed by atoms with Gasteiger partial charge in [-0.15, -0.1) is 0 Å². The molecule has 0 aromatic heterocycles. The van der Waals surface area contributed by atoms with E-state index >= 15 is 0 Å². The molecular formula is C20H21N. The van der Waals surface area contributed by atoms with Crippen LogP contribution in [-0.2, 0) is 0 Å². The van der Waals surface area contributed by atoms with Crippen LogP contribution in [0.2, 0.25) is 0 Å². The van der Waals surface area contributed by atoms with Crippen molar-refractivity contribution in [2.24, 2.45) is 0 Å². The van der Waals surface area contributed by atoms with E-state index in [1.165, 1.54) is 5.56 Å². The zero-order valence-corrected chi connectivity index (χ0v) is 12.7. The average Bonchev–Trinajstić information content (AvgIpc) is 2.50. The van der Waals surface area contributed by atoms with Gasteiger partial charge in [0, 0.05) is 11.4 Å². The molecule has 2 rings (SSSR count). The lowest BCUT2D eigenvalue weighted by Crippen LogP contribution is -2.14. The van der Waals surface area contributed by atoms with Crippen molar-refractivity contribution in [3.05, 3.63) is 90.7 Å². The third kappa shape index (κ3) is 3.73. The molecule has 0 saturated carbocycles. The Morgan fingerprint density at radius 2 is 1.62 bits per heavy atom. The summed E-state index contributed by atoms with van der Waals surface area (Å²) in [7, 11) is 0. The fourth-order valence-corrected chi connectivity index (χ4v) is 2.24. The van der Waals surface area contributed by atoms with E-state index in [9.17, 15) is 0 Å². The summed E-state index contributed by atoms with van der Waals surface area (Å²) < 4.78 is 0. The van der Waals surface area contributed by atoms with Gasteiger partial charge in [0.15, 0.2) is 0 Å². The van der Waals surface area contributed by atoms with Crippen molar-refractivity contribution >= 4 is 17.5 Å². The van der Waals surface area contributed by atoms with Crippen LogP contribution in [0.3, 0.4) is 0 Å². The maximum Gasteiger partial charge on any atom is 0.0530 e. The molecule has 0 spiro atoms. The van der Waals surface area contributed by atoms with Gasteiger partial charge in [0.05, 0.1) is 5.69 Å². The van der Waals surface area contributed by atoms with Gasteiger partial charge in [-0.3, -0.25) is 0 Å². The number of hydrogen-bond donors (Lipinski definition) is 0. The van der Waals surface area contributed by atoms with Crippen molar-refractivity contribution < 1.29 is 0 Å². The first kappa shape index (κ1) is 14.9. The third-order valence-corrected chi connectivity index (χ3v) is 3.15. The van der Waals surface area contributed by atoms with Crippen LogP contribution in [0, 0.1) is 0 Å². The highest BCUT2D eigenvalue weighted by molar-refractivity contribution is 5.77. The molecule has 2 aromatic carbocycles. The van der Waals surface area contributed by atoms with Crippen LogP contribution >= 0.6 is 0 Å². The average molecular weight is 275 g/mol. The summed E-state index contributed by atoms with van der Waals surface area (Å²) in [6, 6.07) is 18.7. The van der Waals surface area contributed by atoms with Crippen molar-refractivity contribution in [1.82, 2.24) is 0 Å². The fourth-order valence-electron chi connectivity index (χ4n) is 2.24. The van der Waals surface area contributed by atoms with Crippen LogP contribution in [0.5, 0.6) is 0 Å². The lowest BCUT2D eigenvalue weighted by Gasteiger charge is -2.26. The molecule has 0 atom stereocenters. The quantitative estimate of drug-likeness (QED) is 0.610. The molecular weight excluding hydrogens is 254 g/mol. The van der Waals surface area contributed by atoms with Crippen molar-refractivity contribution in [1.29, 1.82) is 0 Å². The topological polar surface area (TPSA) is 3.24 Å². The first-order valence-corrected chi connectivity index (χ1v) is 7.13. The molecule has 0 heterocycles. The van der Waals surface area contributed by atoms with Crippen molar-refractivity contribution in [3.8, 4) is 0 Å². The molecule has 1 nitrogen and oxygen atoms in total. The highest BCUT2D eigenvalue weighted by Gasteiger charge is 2.12. The van der Waals surface area contributed by atoms with E-state index < -0.39 is 0 Å². The van der Waals surface area contributed by atoms with Gasteiger partial charge in [0.1, 0.15) is 0 Å². The molecule has 0 bridgehead atoms. The third-order valence-electron chi connectivity index (χ3n) is 3.15. The zero-order chi connectivity index (χ0) is 15.1. The molecule has 0 saturated heterocycles. The minimum atomic E-state index is 0.994. The second-order valence-corrected chi connectivity index (χ2v) is 4.85. The minimum Gasteiger partial charge on any atom is -0.315 e. The van der Waals surface area contributed by atoms with E-state index in [-0.39, 0.29) is 0 Å². The normalized spacial score (nSPS) is 11.1. The first-order chi connectivity index (χ1) is 10.2. The summed E-state index contributed by atoms with van der Waals surface area (Å²) in [6.07, 6.45) is 8.23. The van der Waals surface area contributed by atoms with E-state index in [4.69, 9.17) is 0 Å². The largest absolute Gasteiger partial charge is 0.315 e. The molecule has 0 aliphatic rings. The summed E-state index contributed by atoms with van der Waals surface area (Å²) >= 11 is 0. The molecule has 0 aliphatic heterocycles. The monoisotopic (exact) mass is 275 g/mol. The SMILES string of the molecule is C=C(C)N(c1ccccc1)c1ccccc1/C=C/C=C\C. The molecule has 0 unspecified atom stereocenters. The van der Waals surface area contributed by atoms with E-state index in [1.807, 2.05) is 44.2 Å². The van der Waals surface area contributed by atoms with Gasteiger partial charge in [-0.05, 0) is 37.6 Å². The van der Waals surface area contributed by atoms with Crippen molar-refractivity contribution in [2.75, 3.05) is 4.90 Å². The molecule has 21 heavy (non-hydrogen) atoms. The highest BCUT2D eigenvalue weighted by atomic mass is 15.1. The predicted molar refractivity (Wildman–Crippen MR) is 93.7 cm³/mol. The highest BCUT2D eigenvalue weighted by Crippen LogP contribution is 2.32. The smallest absolute Gasteiger partial charge is 0.0530 e. The summed E-state index contributed by atoms with van der Waals surface area (Å²) in [5.41, 5.74) is 4.42. The van der Waals surface area contributed by atoms with Crippen molar-refractivity contribution in [3.63, 3.8) is 0 Å². The van der Waals surface area contributed by atoms with Gasteiger partial charge in [0.2, 0.25) is 0 Å². The molecule has 0 N–H and O–H groups in total. The Morgan fingerprint density at radius 3 is 2.29 bits per heavy atom. The number of para-hydroxylation sites is 2. The second-order valence-electron chi connectivity index (χ2n) is 4.85. The van der Waals surface area contributed by atoms with Gasteiger partial charge >= 0.3 is 0 Å². The van der Waals surface area contributed by atoms with Gasteiger partial charge < -0.3 is 4.90 Å². The second kappa shape index (κ2) is 7.30. The fraction of sp³-hybridized carbons (Fsp3) is 0.100. The molecule has 2 aromatic rings. The van der Waals surface area contributed by atoms with Gasteiger partial charge in [0.25, 0.3) is 0 Å². The molecule has 0 radical (unpaired) electrons. The lowest BCUT2D eigenvalue weighted by atomic mass is 10.1. The zero-order valence-electron chi connectivity index (χ0n) is 12.7. The first-order valence-electron chi connectivity index (χ1n) is 7.13. The van der Waals surface area contributed by atoms with Gasteiger partial charge in [-0.2, -0.15) is 0 Å². The van der Waals surface area contributed by atoms with Crippen LogP contribution in [-0.4, -0.2) is 0 Å². The number of anilines is 2. The lowest BCUT2D eigenvalue weighted by molar-refractivity contribution is 1.16. The maximum atomic E-state index is 4.13. The van der Waals surface area contributed by atoms with E-state index in [1.54, 1.807) is 0 Å². The molecule has 0 aliphatic carbocycles. The molecule has 0 fully saturated rings. The molecule has 106 valence electrons.